The first-order chi connectivity index (χ1) is 15.6. The summed E-state index contributed by atoms with van der Waals surface area (Å²) in [6, 6.07) is 9.26. The number of benzene rings is 2. The highest BCUT2D eigenvalue weighted by atomic mass is 32.2. The van der Waals surface area contributed by atoms with Crippen LogP contribution in [0.2, 0.25) is 0 Å². The van der Waals surface area contributed by atoms with E-state index in [1.54, 1.807) is 44.2 Å². The average Bonchev–Trinajstić information content (AvgIpc) is 3.04. The molecule has 0 bridgehead atoms. The number of fused-ring (bicyclic) bond motifs is 1. The van der Waals surface area contributed by atoms with Gasteiger partial charge in [-0.3, -0.25) is 9.59 Å². The zero-order valence-corrected chi connectivity index (χ0v) is 19.6. The molecule has 4 rings (SSSR count). The van der Waals surface area contributed by atoms with Gasteiger partial charge in [0.15, 0.2) is 6.73 Å². The van der Waals surface area contributed by atoms with E-state index >= 15 is 0 Å². The summed E-state index contributed by atoms with van der Waals surface area (Å²) in [4.78, 5) is 38.6. The molecule has 2 aliphatic rings. The summed E-state index contributed by atoms with van der Waals surface area (Å²) in [5, 5.41) is 0. The number of rotatable bonds is 5. The van der Waals surface area contributed by atoms with Crippen LogP contribution in [0.5, 0.6) is 0 Å². The number of nitrogens with zero attached hydrogens (tertiary/aromatic N) is 2. The Hall–Kier alpha value is -3.04. The van der Waals surface area contributed by atoms with E-state index in [-0.39, 0.29) is 21.6 Å². The van der Waals surface area contributed by atoms with Gasteiger partial charge in [0.25, 0.3) is 11.8 Å². The molecule has 8 nitrogen and oxygen atoms in total. The van der Waals surface area contributed by atoms with Crippen molar-refractivity contribution in [1.29, 1.82) is 0 Å². The molecule has 0 aromatic heterocycles. The Morgan fingerprint density at radius 2 is 1.61 bits per heavy atom. The number of sulfonamides is 1. The van der Waals surface area contributed by atoms with Crippen molar-refractivity contribution in [3.63, 3.8) is 0 Å². The van der Waals surface area contributed by atoms with Crippen LogP contribution >= 0.6 is 0 Å². The molecule has 0 atom stereocenters. The lowest BCUT2D eigenvalue weighted by molar-refractivity contribution is 0.0228. The first-order valence-electron chi connectivity index (χ1n) is 10.8. The van der Waals surface area contributed by atoms with E-state index in [0.717, 1.165) is 17.7 Å². The van der Waals surface area contributed by atoms with Crippen LogP contribution in [0.25, 0.3) is 0 Å². The van der Waals surface area contributed by atoms with Crippen molar-refractivity contribution in [2.24, 2.45) is 5.92 Å². The van der Waals surface area contributed by atoms with Gasteiger partial charge in [-0.05, 0) is 68.0 Å². The molecular formula is C24H26N2O6S. The van der Waals surface area contributed by atoms with Crippen LogP contribution < -0.4 is 0 Å². The predicted octanol–water partition coefficient (Wildman–Crippen LogP) is 3.13. The maximum absolute atomic E-state index is 13.3. The van der Waals surface area contributed by atoms with Gasteiger partial charge in [-0.15, -0.1) is 0 Å². The zero-order valence-electron chi connectivity index (χ0n) is 18.8. The van der Waals surface area contributed by atoms with E-state index in [9.17, 15) is 22.8 Å². The van der Waals surface area contributed by atoms with E-state index in [4.69, 9.17) is 4.74 Å². The number of aryl methyl sites for hydroxylation is 1. The highest BCUT2D eigenvalue weighted by Gasteiger charge is 2.36. The molecule has 2 aromatic rings. The smallest absolute Gasteiger partial charge is 0.339 e. The number of piperidine rings is 1. The molecular weight excluding hydrogens is 444 g/mol. The summed E-state index contributed by atoms with van der Waals surface area (Å²) >= 11 is 0. The Bertz CT molecular complexity index is 1210. The largest absolute Gasteiger partial charge is 0.440 e. The molecule has 9 heteroatoms. The van der Waals surface area contributed by atoms with Gasteiger partial charge in [-0.1, -0.05) is 19.1 Å². The second-order valence-corrected chi connectivity index (χ2v) is 10.6. The first kappa shape index (κ1) is 23.1. The Morgan fingerprint density at radius 1 is 1.03 bits per heavy atom. The van der Waals surface area contributed by atoms with Gasteiger partial charge in [0.05, 0.1) is 21.6 Å². The molecule has 0 saturated carbocycles. The van der Waals surface area contributed by atoms with Crippen molar-refractivity contribution >= 4 is 27.8 Å². The van der Waals surface area contributed by atoms with Crippen molar-refractivity contribution in [3.05, 3.63) is 64.2 Å². The van der Waals surface area contributed by atoms with E-state index < -0.39 is 34.5 Å². The summed E-state index contributed by atoms with van der Waals surface area (Å²) < 4.78 is 33.3. The van der Waals surface area contributed by atoms with E-state index in [2.05, 4.69) is 6.92 Å². The van der Waals surface area contributed by atoms with Crippen LogP contribution in [-0.4, -0.2) is 55.2 Å². The first-order valence-corrected chi connectivity index (χ1v) is 12.3. The fourth-order valence-corrected chi connectivity index (χ4v) is 5.93. The van der Waals surface area contributed by atoms with Gasteiger partial charge in [-0.2, -0.15) is 4.31 Å². The number of imide groups is 1. The number of carbonyl (C=O) groups excluding carboxylic acids is 3. The van der Waals surface area contributed by atoms with Crippen molar-refractivity contribution in [1.82, 2.24) is 9.21 Å². The third kappa shape index (κ3) is 4.18. The Kier molecular flexibility index (Phi) is 6.11. The van der Waals surface area contributed by atoms with Crippen molar-refractivity contribution < 1.29 is 27.5 Å². The van der Waals surface area contributed by atoms with Gasteiger partial charge in [-0.25, -0.2) is 18.1 Å². The van der Waals surface area contributed by atoms with Crippen molar-refractivity contribution in [3.8, 4) is 0 Å². The Balaban J connectivity index is 1.54. The zero-order chi connectivity index (χ0) is 23.9. The standard InChI is InChI=1S/C24H26N2O6S/c1-15-8-10-25(11-9-15)33(30,31)21-13-18(12-16(2)17(21)3)24(29)32-14-26-22(27)19-6-4-5-7-20(19)23(26)28/h4-7,12-13,15H,8-11,14H2,1-3H3. The van der Waals surface area contributed by atoms with Crippen molar-refractivity contribution in [2.45, 2.75) is 38.5 Å². The molecule has 2 amide bonds. The number of amides is 2. The molecule has 2 aromatic carbocycles. The minimum Gasteiger partial charge on any atom is -0.440 e. The van der Waals surface area contributed by atoms with Gasteiger partial charge in [0.2, 0.25) is 10.0 Å². The fourth-order valence-electron chi connectivity index (χ4n) is 4.14. The second kappa shape index (κ2) is 8.72. The quantitative estimate of drug-likeness (QED) is 0.492. The molecule has 2 aliphatic heterocycles. The highest BCUT2D eigenvalue weighted by molar-refractivity contribution is 7.89. The van der Waals surface area contributed by atoms with Gasteiger partial charge in [0, 0.05) is 13.1 Å². The summed E-state index contributed by atoms with van der Waals surface area (Å²) in [6.45, 7) is 5.87. The van der Waals surface area contributed by atoms with E-state index in [0.29, 0.717) is 30.1 Å². The SMILES string of the molecule is Cc1cc(C(=O)OCN2C(=O)c3ccccc3C2=O)cc(S(=O)(=O)N2CCC(C)CC2)c1C. The summed E-state index contributed by atoms with van der Waals surface area (Å²) in [6.07, 6.45) is 1.58. The fraction of sp³-hybridized carbons (Fsp3) is 0.375. The number of hydrogen-bond acceptors (Lipinski definition) is 6. The maximum Gasteiger partial charge on any atom is 0.339 e. The number of ether oxygens (including phenoxy) is 1. The summed E-state index contributed by atoms with van der Waals surface area (Å²) in [7, 11) is -3.77. The summed E-state index contributed by atoms with van der Waals surface area (Å²) in [5.74, 6) is -1.40. The van der Waals surface area contributed by atoms with Crippen LogP contribution in [0.15, 0.2) is 41.3 Å². The molecule has 174 valence electrons. The third-order valence-corrected chi connectivity index (χ3v) is 8.44. The van der Waals surface area contributed by atoms with Crippen LogP contribution in [0, 0.1) is 19.8 Å². The number of esters is 1. The molecule has 1 fully saturated rings. The highest BCUT2D eigenvalue weighted by Crippen LogP contribution is 2.28. The van der Waals surface area contributed by atoms with Crippen LogP contribution in [0.3, 0.4) is 0 Å². The number of carbonyl (C=O) groups is 3. The topological polar surface area (TPSA) is 101 Å². The van der Waals surface area contributed by atoms with Crippen LogP contribution in [-0.2, 0) is 14.8 Å². The lowest BCUT2D eigenvalue weighted by Crippen LogP contribution is -2.38. The molecule has 0 aliphatic carbocycles. The molecule has 0 radical (unpaired) electrons. The number of hydrogen-bond donors (Lipinski definition) is 0. The Labute approximate surface area is 193 Å². The lowest BCUT2D eigenvalue weighted by atomic mass is 10.0. The van der Waals surface area contributed by atoms with E-state index in [1.807, 2.05) is 0 Å². The lowest BCUT2D eigenvalue weighted by Gasteiger charge is -2.30. The molecule has 33 heavy (non-hydrogen) atoms. The minimum atomic E-state index is -3.77. The molecule has 0 unspecified atom stereocenters. The average molecular weight is 471 g/mol. The van der Waals surface area contributed by atoms with Gasteiger partial charge in [0.1, 0.15) is 0 Å². The second-order valence-electron chi connectivity index (χ2n) is 8.65. The van der Waals surface area contributed by atoms with E-state index in [1.165, 1.54) is 10.4 Å². The van der Waals surface area contributed by atoms with Crippen LogP contribution in [0.4, 0.5) is 0 Å². The predicted molar refractivity (Wildman–Crippen MR) is 120 cm³/mol. The summed E-state index contributed by atoms with van der Waals surface area (Å²) in [5.41, 5.74) is 1.78. The molecule has 1 saturated heterocycles. The molecule has 0 spiro atoms. The molecule has 2 heterocycles. The van der Waals surface area contributed by atoms with Gasteiger partial charge >= 0.3 is 5.97 Å². The van der Waals surface area contributed by atoms with Gasteiger partial charge < -0.3 is 4.74 Å². The minimum absolute atomic E-state index is 0.0543. The Morgan fingerprint density at radius 3 is 2.18 bits per heavy atom. The third-order valence-electron chi connectivity index (χ3n) is 6.42. The maximum atomic E-state index is 13.3. The van der Waals surface area contributed by atoms with Crippen molar-refractivity contribution in [2.75, 3.05) is 19.8 Å². The molecule has 0 N–H and O–H groups in total. The normalized spacial score (nSPS) is 17.4. The van der Waals surface area contributed by atoms with Crippen LogP contribution in [0.1, 0.15) is 62.0 Å². The monoisotopic (exact) mass is 470 g/mol.